The highest BCUT2D eigenvalue weighted by molar-refractivity contribution is 5.78. The molecule has 0 radical (unpaired) electrons. The molecule has 0 spiro atoms. The van der Waals surface area contributed by atoms with Gasteiger partial charge in [0.25, 0.3) is 0 Å². The topological polar surface area (TPSA) is 41.1 Å². The molecule has 1 heterocycles. The lowest BCUT2D eigenvalue weighted by molar-refractivity contribution is -0.125. The molecule has 0 saturated carbocycles. The third kappa shape index (κ3) is 3.03. The highest BCUT2D eigenvalue weighted by Gasteiger charge is 2.21. The molecule has 2 N–H and O–H groups in total. The lowest BCUT2D eigenvalue weighted by atomic mass is 9.98. The van der Waals surface area contributed by atoms with Gasteiger partial charge in [-0.1, -0.05) is 38.5 Å². The van der Waals surface area contributed by atoms with E-state index in [0.717, 1.165) is 25.8 Å². The lowest BCUT2D eigenvalue weighted by Gasteiger charge is -2.27. The Hall–Kier alpha value is -1.51. The summed E-state index contributed by atoms with van der Waals surface area (Å²) in [6, 6.07) is 8.51. The van der Waals surface area contributed by atoms with Crippen molar-refractivity contribution in [3.8, 4) is 0 Å². The van der Waals surface area contributed by atoms with Crippen LogP contribution in [0.15, 0.2) is 24.3 Å². The number of amides is 1. The summed E-state index contributed by atoms with van der Waals surface area (Å²) in [6.45, 7) is 4.94. The predicted molar refractivity (Wildman–Crippen MR) is 74.6 cm³/mol. The molecule has 98 valence electrons. The van der Waals surface area contributed by atoms with E-state index in [1.165, 1.54) is 11.3 Å². The number of fused-ring (bicyclic) bond motifs is 1. The lowest BCUT2D eigenvalue weighted by Crippen LogP contribution is -2.45. The van der Waals surface area contributed by atoms with Crippen LogP contribution >= 0.6 is 0 Å². The smallest absolute Gasteiger partial charge is 0.223 e. The second-order valence-corrected chi connectivity index (χ2v) is 5.14. The van der Waals surface area contributed by atoms with Crippen LogP contribution in [-0.2, 0) is 11.2 Å². The molecular formula is C15H22N2O. The minimum atomic E-state index is 0.118. The number of rotatable bonds is 4. The molecule has 1 aliphatic rings. The van der Waals surface area contributed by atoms with Crippen molar-refractivity contribution in [3.05, 3.63) is 29.8 Å². The van der Waals surface area contributed by atoms with Crippen LogP contribution in [0.25, 0.3) is 0 Å². The molecule has 18 heavy (non-hydrogen) atoms. The van der Waals surface area contributed by atoms with Crippen molar-refractivity contribution in [2.24, 2.45) is 5.92 Å². The molecule has 0 aliphatic carbocycles. The minimum absolute atomic E-state index is 0.118. The number of benzene rings is 1. The van der Waals surface area contributed by atoms with E-state index >= 15 is 0 Å². The zero-order valence-electron chi connectivity index (χ0n) is 11.2. The van der Waals surface area contributed by atoms with Crippen LogP contribution in [0.3, 0.4) is 0 Å². The quantitative estimate of drug-likeness (QED) is 0.857. The van der Waals surface area contributed by atoms with Gasteiger partial charge < -0.3 is 10.6 Å². The van der Waals surface area contributed by atoms with Gasteiger partial charge in [0.2, 0.25) is 5.91 Å². The largest absolute Gasteiger partial charge is 0.383 e. The fourth-order valence-electron chi connectivity index (χ4n) is 2.45. The normalized spacial score (nSPS) is 19.6. The first-order valence-electron chi connectivity index (χ1n) is 6.83. The van der Waals surface area contributed by atoms with Crippen LogP contribution in [0.2, 0.25) is 0 Å². The highest BCUT2D eigenvalue weighted by Crippen LogP contribution is 2.21. The van der Waals surface area contributed by atoms with Gasteiger partial charge in [0.1, 0.15) is 0 Å². The van der Waals surface area contributed by atoms with Gasteiger partial charge >= 0.3 is 0 Å². The summed E-state index contributed by atoms with van der Waals surface area (Å²) in [5, 5.41) is 6.52. The summed E-state index contributed by atoms with van der Waals surface area (Å²) >= 11 is 0. The summed E-state index contributed by atoms with van der Waals surface area (Å²) in [5.74, 6) is 0.301. The maximum absolute atomic E-state index is 12.0. The summed E-state index contributed by atoms with van der Waals surface area (Å²) in [4.78, 5) is 12.0. The Bertz CT molecular complexity index is 417. The predicted octanol–water partition coefficient (Wildman–Crippen LogP) is 2.58. The minimum Gasteiger partial charge on any atom is -0.383 e. The van der Waals surface area contributed by atoms with E-state index in [0.29, 0.717) is 0 Å². The van der Waals surface area contributed by atoms with Crippen molar-refractivity contribution in [1.82, 2.24) is 5.32 Å². The van der Waals surface area contributed by atoms with Crippen molar-refractivity contribution in [3.63, 3.8) is 0 Å². The Morgan fingerprint density at radius 3 is 3.06 bits per heavy atom. The molecule has 1 aromatic carbocycles. The Balaban J connectivity index is 1.92. The van der Waals surface area contributed by atoms with Crippen molar-refractivity contribution >= 4 is 11.6 Å². The van der Waals surface area contributed by atoms with Crippen molar-refractivity contribution in [2.75, 3.05) is 11.9 Å². The number of anilines is 1. The highest BCUT2D eigenvalue weighted by atomic mass is 16.1. The third-order valence-electron chi connectivity index (χ3n) is 3.54. The number of carbonyl (C=O) groups excluding carboxylic acids is 1. The molecule has 2 atom stereocenters. The van der Waals surface area contributed by atoms with Gasteiger partial charge in [-0.05, 0) is 24.5 Å². The van der Waals surface area contributed by atoms with Gasteiger partial charge in [-0.3, -0.25) is 4.79 Å². The van der Waals surface area contributed by atoms with Crippen LogP contribution in [0.4, 0.5) is 5.69 Å². The molecule has 0 saturated heterocycles. The summed E-state index contributed by atoms with van der Waals surface area (Å²) in [6.07, 6.45) is 2.94. The molecule has 0 aromatic heterocycles. The molecule has 1 aromatic rings. The zero-order chi connectivity index (χ0) is 13.0. The van der Waals surface area contributed by atoms with E-state index in [9.17, 15) is 4.79 Å². The number of carbonyl (C=O) groups is 1. The van der Waals surface area contributed by atoms with Crippen molar-refractivity contribution in [1.29, 1.82) is 0 Å². The molecule has 3 nitrogen and oxygen atoms in total. The van der Waals surface area contributed by atoms with E-state index in [4.69, 9.17) is 0 Å². The molecular weight excluding hydrogens is 224 g/mol. The Morgan fingerprint density at radius 1 is 1.50 bits per heavy atom. The molecule has 3 heteroatoms. The SMILES string of the molecule is CCCC(C)C(=O)NC1CNc2ccccc2C1. The maximum atomic E-state index is 12.0. The first-order chi connectivity index (χ1) is 8.70. The van der Waals surface area contributed by atoms with E-state index in [1.54, 1.807) is 0 Å². The maximum Gasteiger partial charge on any atom is 0.223 e. The first kappa shape index (κ1) is 12.9. The molecule has 1 aliphatic heterocycles. The molecule has 2 unspecified atom stereocenters. The monoisotopic (exact) mass is 246 g/mol. The van der Waals surface area contributed by atoms with Gasteiger partial charge in [0.05, 0.1) is 6.04 Å². The number of para-hydroxylation sites is 1. The van der Waals surface area contributed by atoms with Crippen LogP contribution < -0.4 is 10.6 Å². The van der Waals surface area contributed by atoms with Crippen molar-refractivity contribution in [2.45, 2.75) is 39.2 Å². The summed E-state index contributed by atoms with van der Waals surface area (Å²) in [7, 11) is 0. The van der Waals surface area contributed by atoms with Crippen LogP contribution in [0, 0.1) is 5.92 Å². The standard InChI is InChI=1S/C15H22N2O/c1-3-6-11(2)15(18)17-13-9-12-7-4-5-8-14(12)16-10-13/h4-5,7-8,11,13,16H,3,6,9-10H2,1-2H3,(H,17,18). The van der Waals surface area contributed by atoms with E-state index in [1.807, 2.05) is 19.1 Å². The van der Waals surface area contributed by atoms with Gasteiger partial charge in [-0.15, -0.1) is 0 Å². The molecule has 2 rings (SSSR count). The van der Waals surface area contributed by atoms with Gasteiger partial charge in [-0.2, -0.15) is 0 Å². The van der Waals surface area contributed by atoms with E-state index in [2.05, 4.69) is 29.7 Å². The fourth-order valence-corrected chi connectivity index (χ4v) is 2.45. The second-order valence-electron chi connectivity index (χ2n) is 5.14. The summed E-state index contributed by atoms with van der Waals surface area (Å²) in [5.41, 5.74) is 2.49. The number of nitrogens with one attached hydrogen (secondary N) is 2. The third-order valence-corrected chi connectivity index (χ3v) is 3.54. The molecule has 1 amide bonds. The van der Waals surface area contributed by atoms with Crippen LogP contribution in [0.5, 0.6) is 0 Å². The van der Waals surface area contributed by atoms with Crippen molar-refractivity contribution < 1.29 is 4.79 Å². The van der Waals surface area contributed by atoms with Gasteiger partial charge in [0.15, 0.2) is 0 Å². The average Bonchev–Trinajstić information content (AvgIpc) is 2.39. The van der Waals surface area contributed by atoms with E-state index < -0.39 is 0 Å². The molecule has 0 fully saturated rings. The second kappa shape index (κ2) is 5.89. The Kier molecular flexibility index (Phi) is 4.24. The average molecular weight is 246 g/mol. The van der Waals surface area contributed by atoms with Crippen LogP contribution in [0.1, 0.15) is 32.3 Å². The molecule has 0 bridgehead atoms. The zero-order valence-corrected chi connectivity index (χ0v) is 11.2. The Morgan fingerprint density at radius 2 is 2.28 bits per heavy atom. The number of hydrogen-bond acceptors (Lipinski definition) is 2. The summed E-state index contributed by atoms with van der Waals surface area (Å²) < 4.78 is 0. The Labute approximate surface area is 109 Å². The van der Waals surface area contributed by atoms with Gasteiger partial charge in [0, 0.05) is 18.2 Å². The first-order valence-corrected chi connectivity index (χ1v) is 6.83. The fraction of sp³-hybridized carbons (Fsp3) is 0.533. The number of hydrogen-bond donors (Lipinski definition) is 2. The van der Waals surface area contributed by atoms with Crippen LogP contribution in [-0.4, -0.2) is 18.5 Å². The van der Waals surface area contributed by atoms with E-state index in [-0.39, 0.29) is 17.9 Å². The van der Waals surface area contributed by atoms with Gasteiger partial charge in [-0.25, -0.2) is 0 Å².